The summed E-state index contributed by atoms with van der Waals surface area (Å²) in [5, 5.41) is 11.4. The zero-order valence-electron chi connectivity index (χ0n) is 16.8. The average molecular weight is 394 g/mol. The van der Waals surface area contributed by atoms with Gasteiger partial charge in [0.15, 0.2) is 0 Å². The maximum atomic E-state index is 13.4. The van der Waals surface area contributed by atoms with Crippen LogP contribution in [0.3, 0.4) is 0 Å². The number of furan rings is 1. The molecule has 1 saturated carbocycles. The summed E-state index contributed by atoms with van der Waals surface area (Å²) in [5.41, 5.74) is 8.14. The molecule has 0 unspecified atom stereocenters. The first kappa shape index (κ1) is 19.3. The molecule has 3 aromatic rings. The molecule has 1 fully saturated rings. The van der Waals surface area contributed by atoms with Gasteiger partial charge >= 0.3 is 5.97 Å². The molecule has 2 aromatic carbocycles. The molecule has 1 amide bonds. The van der Waals surface area contributed by atoms with Crippen molar-refractivity contribution in [1.29, 1.82) is 0 Å². The topological polar surface area (TPSA) is 96.8 Å². The monoisotopic (exact) mass is 394 g/mol. The summed E-state index contributed by atoms with van der Waals surface area (Å²) in [6.07, 6.45) is 4.95. The minimum atomic E-state index is -1.08. The summed E-state index contributed by atoms with van der Waals surface area (Å²) < 4.78 is 5.85. The van der Waals surface area contributed by atoms with Crippen molar-refractivity contribution in [2.24, 2.45) is 5.92 Å². The van der Waals surface area contributed by atoms with Gasteiger partial charge in [-0.25, -0.2) is 4.79 Å². The number of nitrogen functional groups attached to an aromatic ring is 1. The SMILES string of the molecule is CC(C)N(C(=O)C1CCCCC1)c1cc2c(cc1C(=O)O)oc1ccc(N)cc12. The lowest BCUT2D eigenvalue weighted by Gasteiger charge is -2.33. The molecule has 1 aromatic heterocycles. The van der Waals surface area contributed by atoms with Crippen molar-refractivity contribution in [2.75, 3.05) is 10.6 Å². The van der Waals surface area contributed by atoms with Gasteiger partial charge in [-0.2, -0.15) is 0 Å². The van der Waals surface area contributed by atoms with Gasteiger partial charge < -0.3 is 20.2 Å². The van der Waals surface area contributed by atoms with Gasteiger partial charge in [-0.3, -0.25) is 4.79 Å². The van der Waals surface area contributed by atoms with Crippen LogP contribution in [0.1, 0.15) is 56.3 Å². The molecule has 0 atom stereocenters. The molecule has 152 valence electrons. The van der Waals surface area contributed by atoms with Gasteiger partial charge in [0.2, 0.25) is 5.91 Å². The number of rotatable bonds is 4. The Labute approximate surface area is 169 Å². The fourth-order valence-electron chi connectivity index (χ4n) is 4.40. The smallest absolute Gasteiger partial charge is 0.337 e. The zero-order valence-corrected chi connectivity index (χ0v) is 16.8. The third-order valence-electron chi connectivity index (χ3n) is 5.81. The summed E-state index contributed by atoms with van der Waals surface area (Å²) in [5.74, 6) is -1.13. The Bertz CT molecular complexity index is 1090. The number of carboxylic acid groups (broad SMARTS) is 1. The second-order valence-electron chi connectivity index (χ2n) is 8.17. The highest BCUT2D eigenvalue weighted by atomic mass is 16.4. The predicted molar refractivity (Wildman–Crippen MR) is 114 cm³/mol. The Morgan fingerprint density at radius 1 is 1.07 bits per heavy atom. The number of carbonyl (C=O) groups excluding carboxylic acids is 1. The van der Waals surface area contributed by atoms with Crippen molar-refractivity contribution in [3.8, 4) is 0 Å². The van der Waals surface area contributed by atoms with Gasteiger partial charge in [0, 0.05) is 28.4 Å². The number of fused-ring (bicyclic) bond motifs is 3. The van der Waals surface area contributed by atoms with E-state index in [1.807, 2.05) is 19.9 Å². The van der Waals surface area contributed by atoms with Gasteiger partial charge in [-0.15, -0.1) is 0 Å². The molecular formula is C23H26N2O4. The average Bonchev–Trinajstić information content (AvgIpc) is 3.04. The van der Waals surface area contributed by atoms with Crippen molar-refractivity contribution in [3.05, 3.63) is 35.9 Å². The first-order valence-electron chi connectivity index (χ1n) is 10.2. The number of nitrogens with two attached hydrogens (primary N) is 1. The summed E-state index contributed by atoms with van der Waals surface area (Å²) in [6.45, 7) is 3.84. The van der Waals surface area contributed by atoms with Gasteiger partial charge in [0.25, 0.3) is 0 Å². The van der Waals surface area contributed by atoms with Crippen LogP contribution in [0.4, 0.5) is 11.4 Å². The van der Waals surface area contributed by atoms with Crippen molar-refractivity contribution in [2.45, 2.75) is 52.0 Å². The minimum Gasteiger partial charge on any atom is -0.478 e. The molecule has 0 aliphatic heterocycles. The van der Waals surface area contributed by atoms with Crippen LogP contribution in [-0.4, -0.2) is 23.0 Å². The van der Waals surface area contributed by atoms with Crippen LogP contribution in [0.15, 0.2) is 34.7 Å². The molecule has 1 heterocycles. The highest BCUT2D eigenvalue weighted by Gasteiger charge is 2.31. The second-order valence-corrected chi connectivity index (χ2v) is 8.17. The molecule has 0 radical (unpaired) electrons. The molecule has 6 nitrogen and oxygen atoms in total. The number of hydrogen-bond acceptors (Lipinski definition) is 4. The maximum absolute atomic E-state index is 13.4. The first-order chi connectivity index (χ1) is 13.9. The van der Waals surface area contributed by atoms with Crippen LogP contribution in [-0.2, 0) is 4.79 Å². The summed E-state index contributed by atoms with van der Waals surface area (Å²) in [4.78, 5) is 27.1. The van der Waals surface area contributed by atoms with Gasteiger partial charge in [0.1, 0.15) is 11.2 Å². The van der Waals surface area contributed by atoms with E-state index in [0.29, 0.717) is 22.5 Å². The third kappa shape index (κ3) is 3.43. The van der Waals surface area contributed by atoms with Crippen LogP contribution in [0.2, 0.25) is 0 Å². The van der Waals surface area contributed by atoms with E-state index in [0.717, 1.165) is 42.9 Å². The minimum absolute atomic E-state index is 0.00821. The fraction of sp³-hybridized carbons (Fsp3) is 0.391. The molecule has 6 heteroatoms. The van der Waals surface area contributed by atoms with Crippen LogP contribution in [0, 0.1) is 5.92 Å². The van der Waals surface area contributed by atoms with Gasteiger partial charge in [-0.05, 0) is 57.0 Å². The van der Waals surface area contributed by atoms with Gasteiger partial charge in [-0.1, -0.05) is 19.3 Å². The molecule has 0 bridgehead atoms. The van der Waals surface area contributed by atoms with E-state index >= 15 is 0 Å². The molecule has 0 saturated heterocycles. The molecule has 3 N–H and O–H groups in total. The fourth-order valence-corrected chi connectivity index (χ4v) is 4.40. The number of amides is 1. The van der Waals surface area contributed by atoms with E-state index in [2.05, 4.69) is 0 Å². The number of anilines is 2. The summed E-state index contributed by atoms with van der Waals surface area (Å²) in [7, 11) is 0. The third-order valence-corrected chi connectivity index (χ3v) is 5.81. The largest absolute Gasteiger partial charge is 0.478 e. The van der Waals surface area contributed by atoms with E-state index < -0.39 is 5.97 Å². The number of carbonyl (C=O) groups is 2. The Hall–Kier alpha value is -3.02. The zero-order chi connectivity index (χ0) is 20.7. The quantitative estimate of drug-likeness (QED) is 0.594. The second kappa shape index (κ2) is 7.43. The number of nitrogens with zero attached hydrogens (tertiary/aromatic N) is 1. The Kier molecular flexibility index (Phi) is 4.94. The van der Waals surface area contributed by atoms with Crippen LogP contribution >= 0.6 is 0 Å². The molecular weight excluding hydrogens is 368 g/mol. The molecule has 1 aliphatic carbocycles. The van der Waals surface area contributed by atoms with E-state index in [1.54, 1.807) is 23.1 Å². The Balaban J connectivity index is 1.91. The van der Waals surface area contributed by atoms with E-state index in [4.69, 9.17) is 10.2 Å². The Morgan fingerprint density at radius 2 is 1.76 bits per heavy atom. The highest BCUT2D eigenvalue weighted by molar-refractivity contribution is 6.12. The van der Waals surface area contributed by atoms with Gasteiger partial charge in [0.05, 0.1) is 11.3 Å². The van der Waals surface area contributed by atoms with Crippen molar-refractivity contribution < 1.29 is 19.1 Å². The standard InChI is InChI=1S/C23H26N2O4/c1-13(2)25(22(26)14-6-4-3-5-7-14)19-11-17-16-10-15(24)8-9-20(16)29-21(17)12-18(19)23(27)28/h8-14H,3-7,24H2,1-2H3,(H,27,28). The lowest BCUT2D eigenvalue weighted by atomic mass is 9.87. The number of aromatic carboxylic acids is 1. The lowest BCUT2D eigenvalue weighted by molar-refractivity contribution is -0.123. The van der Waals surface area contributed by atoms with E-state index in [-0.39, 0.29) is 23.4 Å². The number of hydrogen-bond donors (Lipinski definition) is 2. The molecule has 29 heavy (non-hydrogen) atoms. The summed E-state index contributed by atoms with van der Waals surface area (Å²) in [6, 6.07) is 8.46. The Morgan fingerprint density at radius 3 is 2.41 bits per heavy atom. The highest BCUT2D eigenvalue weighted by Crippen LogP contribution is 2.37. The van der Waals surface area contributed by atoms with Crippen LogP contribution in [0.25, 0.3) is 21.9 Å². The normalized spacial score (nSPS) is 15.3. The van der Waals surface area contributed by atoms with Crippen LogP contribution < -0.4 is 10.6 Å². The van der Waals surface area contributed by atoms with Crippen molar-refractivity contribution >= 4 is 45.2 Å². The van der Waals surface area contributed by atoms with E-state index in [9.17, 15) is 14.7 Å². The lowest BCUT2D eigenvalue weighted by Crippen LogP contribution is -2.42. The van der Waals surface area contributed by atoms with E-state index in [1.165, 1.54) is 6.07 Å². The molecule has 1 aliphatic rings. The van der Waals surface area contributed by atoms with Crippen molar-refractivity contribution in [1.82, 2.24) is 0 Å². The van der Waals surface area contributed by atoms with Crippen LogP contribution in [0.5, 0.6) is 0 Å². The summed E-state index contributed by atoms with van der Waals surface area (Å²) >= 11 is 0. The number of benzene rings is 2. The van der Waals surface area contributed by atoms with Crippen molar-refractivity contribution in [3.63, 3.8) is 0 Å². The molecule has 0 spiro atoms. The predicted octanol–water partition coefficient (Wildman–Crippen LogP) is 5.19. The maximum Gasteiger partial charge on any atom is 0.337 e. The first-order valence-corrected chi connectivity index (χ1v) is 10.2. The number of carboxylic acids is 1. The molecule has 4 rings (SSSR count).